The van der Waals surface area contributed by atoms with Crippen molar-refractivity contribution < 1.29 is 13.9 Å². The molecule has 0 radical (unpaired) electrons. The van der Waals surface area contributed by atoms with Gasteiger partial charge in [-0.05, 0) is 74.4 Å². The van der Waals surface area contributed by atoms with Crippen LogP contribution in [0.1, 0.15) is 50.2 Å². The standard InChI is InChI=1S/C35H52O3Si2/c1-35(22-24-37-29-31-18-12-9-13-19-31)33(21-23-36-28-30-16-10-8-11-17-30)26-32(20-14-15-25-39(2,3)4)27-34(35)38-40(5,6)7/h8-13,16-19,27,32-33H,14,20-24,26,28-29H2,1-7H3/t32?,33-,35+/m0/s1. The molecule has 0 saturated heterocycles. The summed E-state index contributed by atoms with van der Waals surface area (Å²) in [6.45, 7) is 19.0. The zero-order valence-corrected chi connectivity index (χ0v) is 28.1. The molecule has 0 amide bonds. The largest absolute Gasteiger partial charge is 0.547 e. The van der Waals surface area contributed by atoms with Crippen LogP contribution in [0.15, 0.2) is 72.5 Å². The number of benzene rings is 2. The second-order valence-corrected chi connectivity index (χ2v) is 22.7. The molecule has 40 heavy (non-hydrogen) atoms. The van der Waals surface area contributed by atoms with Gasteiger partial charge in [0.2, 0.25) is 8.32 Å². The van der Waals surface area contributed by atoms with E-state index in [0.717, 1.165) is 38.7 Å². The molecule has 0 N–H and O–H groups in total. The molecular weight excluding hydrogens is 525 g/mol. The first-order valence-electron chi connectivity index (χ1n) is 15.1. The lowest BCUT2D eigenvalue weighted by atomic mass is 9.64. The van der Waals surface area contributed by atoms with Crippen LogP contribution >= 0.6 is 0 Å². The van der Waals surface area contributed by atoms with Crippen LogP contribution in [0.4, 0.5) is 0 Å². The average Bonchev–Trinajstić information content (AvgIpc) is 2.89. The van der Waals surface area contributed by atoms with E-state index in [-0.39, 0.29) is 5.41 Å². The molecule has 5 heteroatoms. The van der Waals surface area contributed by atoms with Gasteiger partial charge in [-0.15, -0.1) is 11.5 Å². The second kappa shape index (κ2) is 15.2. The molecule has 3 nitrogen and oxygen atoms in total. The van der Waals surface area contributed by atoms with Crippen molar-refractivity contribution in [2.45, 2.75) is 91.5 Å². The fraction of sp³-hybridized carbons (Fsp3) is 0.543. The van der Waals surface area contributed by atoms with Gasteiger partial charge < -0.3 is 13.9 Å². The molecule has 1 aliphatic rings. The van der Waals surface area contributed by atoms with E-state index in [1.165, 1.54) is 16.9 Å². The molecule has 3 atom stereocenters. The van der Waals surface area contributed by atoms with Crippen LogP contribution in [-0.4, -0.2) is 29.6 Å². The predicted octanol–water partition coefficient (Wildman–Crippen LogP) is 9.24. The smallest absolute Gasteiger partial charge is 0.241 e. The van der Waals surface area contributed by atoms with Crippen molar-refractivity contribution in [1.82, 2.24) is 0 Å². The van der Waals surface area contributed by atoms with E-state index < -0.39 is 16.4 Å². The van der Waals surface area contributed by atoms with Gasteiger partial charge in [-0.3, -0.25) is 0 Å². The number of rotatable bonds is 14. The molecule has 0 fully saturated rings. The minimum atomic E-state index is -1.80. The van der Waals surface area contributed by atoms with Crippen LogP contribution in [0.5, 0.6) is 0 Å². The van der Waals surface area contributed by atoms with Crippen molar-refractivity contribution in [2.75, 3.05) is 13.2 Å². The van der Waals surface area contributed by atoms with Gasteiger partial charge in [0.1, 0.15) is 8.07 Å². The van der Waals surface area contributed by atoms with E-state index in [9.17, 15) is 0 Å². The normalized spacial score (nSPS) is 21.3. The highest BCUT2D eigenvalue weighted by Gasteiger charge is 2.44. The molecule has 1 unspecified atom stereocenters. The molecule has 3 rings (SSSR count). The lowest BCUT2D eigenvalue weighted by molar-refractivity contribution is 0.0252. The summed E-state index contributed by atoms with van der Waals surface area (Å²) in [5.74, 6) is 5.65. The summed E-state index contributed by atoms with van der Waals surface area (Å²) in [5.41, 5.74) is 5.92. The third kappa shape index (κ3) is 11.4. The Morgan fingerprint density at radius 2 is 1.38 bits per heavy atom. The molecule has 218 valence electrons. The minimum absolute atomic E-state index is 0.0758. The van der Waals surface area contributed by atoms with Crippen molar-refractivity contribution in [3.8, 4) is 11.5 Å². The zero-order chi connectivity index (χ0) is 29.1. The maximum Gasteiger partial charge on any atom is 0.241 e. The van der Waals surface area contributed by atoms with Gasteiger partial charge >= 0.3 is 0 Å². The van der Waals surface area contributed by atoms with E-state index in [1.54, 1.807) is 0 Å². The zero-order valence-electron chi connectivity index (χ0n) is 26.1. The number of hydrogen-bond acceptors (Lipinski definition) is 3. The van der Waals surface area contributed by atoms with Crippen molar-refractivity contribution in [3.63, 3.8) is 0 Å². The summed E-state index contributed by atoms with van der Waals surface area (Å²) < 4.78 is 19.3. The quantitative estimate of drug-likeness (QED) is 0.127. The van der Waals surface area contributed by atoms with Crippen LogP contribution in [0.3, 0.4) is 0 Å². The lowest BCUT2D eigenvalue weighted by Crippen LogP contribution is -2.41. The average molecular weight is 577 g/mol. The molecule has 0 aromatic heterocycles. The van der Waals surface area contributed by atoms with Gasteiger partial charge in [0.15, 0.2) is 0 Å². The highest BCUT2D eigenvalue weighted by molar-refractivity contribution is 6.83. The summed E-state index contributed by atoms with van der Waals surface area (Å²) in [7, 11) is -3.15. The Kier molecular flexibility index (Phi) is 12.3. The van der Waals surface area contributed by atoms with Crippen LogP contribution in [0.2, 0.25) is 39.3 Å². The highest BCUT2D eigenvalue weighted by atomic mass is 28.4. The summed E-state index contributed by atoms with van der Waals surface area (Å²) >= 11 is 0. The molecule has 0 bridgehead atoms. The van der Waals surface area contributed by atoms with Crippen LogP contribution in [0.25, 0.3) is 0 Å². The second-order valence-electron chi connectivity index (χ2n) is 13.6. The maximum absolute atomic E-state index is 6.88. The van der Waals surface area contributed by atoms with Crippen LogP contribution in [0, 0.1) is 28.7 Å². The Balaban J connectivity index is 1.74. The molecular formula is C35H52O3Si2. The Hall–Kier alpha value is -2.11. The van der Waals surface area contributed by atoms with Gasteiger partial charge in [-0.2, -0.15) is 0 Å². The van der Waals surface area contributed by atoms with Gasteiger partial charge in [0.25, 0.3) is 0 Å². The SMILES string of the molecule is C[C@]1(CCOCc2ccccc2)C(O[Si](C)(C)C)=CC(CCC#C[Si](C)(C)C)C[C@@H]1CCOCc1ccccc1. The Morgan fingerprint density at radius 3 is 1.93 bits per heavy atom. The van der Waals surface area contributed by atoms with E-state index in [0.29, 0.717) is 31.7 Å². The topological polar surface area (TPSA) is 27.7 Å². The van der Waals surface area contributed by atoms with Crippen molar-refractivity contribution in [3.05, 3.63) is 83.6 Å². The maximum atomic E-state index is 6.88. The highest BCUT2D eigenvalue weighted by Crippen LogP contribution is 2.50. The van der Waals surface area contributed by atoms with Gasteiger partial charge in [-0.25, -0.2) is 0 Å². The molecule has 2 aromatic rings. The van der Waals surface area contributed by atoms with Gasteiger partial charge in [-0.1, -0.05) is 87.2 Å². The van der Waals surface area contributed by atoms with E-state index >= 15 is 0 Å². The minimum Gasteiger partial charge on any atom is -0.547 e. The summed E-state index contributed by atoms with van der Waals surface area (Å²) in [6, 6.07) is 20.9. The molecule has 0 aliphatic heterocycles. The molecule has 0 saturated carbocycles. The fourth-order valence-corrected chi connectivity index (χ4v) is 6.98. The van der Waals surface area contributed by atoms with Crippen LogP contribution in [-0.2, 0) is 27.1 Å². The first-order chi connectivity index (χ1) is 18.9. The molecule has 0 spiro atoms. The van der Waals surface area contributed by atoms with Gasteiger partial charge in [0.05, 0.1) is 19.0 Å². The third-order valence-electron chi connectivity index (χ3n) is 7.56. The third-order valence-corrected chi connectivity index (χ3v) is 9.32. The first-order valence-corrected chi connectivity index (χ1v) is 22.0. The molecule has 0 heterocycles. The lowest BCUT2D eigenvalue weighted by Gasteiger charge is -2.46. The van der Waals surface area contributed by atoms with Gasteiger partial charge in [0, 0.05) is 25.0 Å². The Bertz CT molecular complexity index is 1110. The van der Waals surface area contributed by atoms with Crippen molar-refractivity contribution >= 4 is 16.4 Å². The molecule has 1 aliphatic carbocycles. The Labute approximate surface area is 246 Å². The number of ether oxygens (including phenoxy) is 2. The van der Waals surface area contributed by atoms with E-state index in [1.807, 2.05) is 0 Å². The summed E-state index contributed by atoms with van der Waals surface area (Å²) in [6.07, 6.45) is 7.63. The van der Waals surface area contributed by atoms with Crippen LogP contribution < -0.4 is 0 Å². The summed E-state index contributed by atoms with van der Waals surface area (Å²) in [4.78, 5) is 0. The number of hydrogen-bond donors (Lipinski definition) is 0. The molecule has 2 aromatic carbocycles. The Morgan fingerprint density at radius 1 is 0.800 bits per heavy atom. The van der Waals surface area contributed by atoms with Crippen molar-refractivity contribution in [1.29, 1.82) is 0 Å². The fourth-order valence-electron chi connectivity index (χ4n) is 5.37. The van der Waals surface area contributed by atoms with Crippen molar-refractivity contribution in [2.24, 2.45) is 17.3 Å². The summed E-state index contributed by atoms with van der Waals surface area (Å²) in [5, 5.41) is 0. The van der Waals surface area contributed by atoms with E-state index in [4.69, 9.17) is 13.9 Å². The number of allylic oxidation sites excluding steroid dienone is 2. The monoisotopic (exact) mass is 576 g/mol. The van der Waals surface area contributed by atoms with E-state index in [2.05, 4.69) is 124 Å². The first kappa shape index (κ1) is 32.4. The predicted molar refractivity (Wildman–Crippen MR) is 174 cm³/mol.